The van der Waals surface area contributed by atoms with Crippen molar-refractivity contribution in [2.24, 2.45) is 0 Å². The summed E-state index contributed by atoms with van der Waals surface area (Å²) in [5.41, 5.74) is 2.21. The number of benzene rings is 2. The number of amides is 1. The van der Waals surface area contributed by atoms with E-state index in [1.54, 1.807) is 7.11 Å². The molecular weight excluding hydrogens is 362 g/mol. The first-order valence-corrected chi connectivity index (χ1v) is 9.78. The van der Waals surface area contributed by atoms with Gasteiger partial charge >= 0.3 is 5.97 Å². The van der Waals surface area contributed by atoms with Crippen LogP contribution in [0.25, 0.3) is 0 Å². The molecule has 2 aromatic rings. The smallest absolute Gasteiger partial charge is 0.316 e. The van der Waals surface area contributed by atoms with Crippen molar-refractivity contribution in [1.29, 1.82) is 0 Å². The summed E-state index contributed by atoms with van der Waals surface area (Å²) in [6, 6.07) is 15.3. The Bertz CT molecular complexity index is 744. The van der Waals surface area contributed by atoms with Crippen LogP contribution in [-0.2, 0) is 14.3 Å². The first kappa shape index (κ1) is 20.8. The highest BCUT2D eigenvalue weighted by atomic mass is 32.2. The number of carbonyl (C=O) groups excluding carboxylic acids is 2. The fraction of sp³-hybridized carbons (Fsp3) is 0.333. The number of hydrogen-bond donors (Lipinski definition) is 1. The van der Waals surface area contributed by atoms with Gasteiger partial charge in [-0.3, -0.25) is 9.59 Å². The van der Waals surface area contributed by atoms with Crippen molar-refractivity contribution in [1.82, 2.24) is 5.32 Å². The van der Waals surface area contributed by atoms with Gasteiger partial charge in [0.05, 0.1) is 18.9 Å². The van der Waals surface area contributed by atoms with Crippen LogP contribution in [0.3, 0.4) is 0 Å². The van der Waals surface area contributed by atoms with Gasteiger partial charge in [-0.15, -0.1) is 11.8 Å². The van der Waals surface area contributed by atoms with Crippen LogP contribution in [0.2, 0.25) is 0 Å². The molecule has 0 unspecified atom stereocenters. The lowest BCUT2D eigenvalue weighted by Gasteiger charge is -2.17. The Morgan fingerprint density at radius 2 is 1.74 bits per heavy atom. The van der Waals surface area contributed by atoms with E-state index >= 15 is 0 Å². The predicted molar refractivity (Wildman–Crippen MR) is 107 cm³/mol. The minimum absolute atomic E-state index is 0.0922. The summed E-state index contributed by atoms with van der Waals surface area (Å²) in [6.07, 6.45) is 0.760. The van der Waals surface area contributed by atoms with Crippen LogP contribution in [-0.4, -0.2) is 31.3 Å². The van der Waals surface area contributed by atoms with E-state index in [1.165, 1.54) is 17.3 Å². The molecule has 0 bridgehead atoms. The molecule has 0 radical (unpaired) electrons. The van der Waals surface area contributed by atoms with Gasteiger partial charge in [0.1, 0.15) is 5.75 Å². The number of methoxy groups -OCH3 is 1. The molecule has 144 valence electrons. The zero-order chi connectivity index (χ0) is 19.6. The van der Waals surface area contributed by atoms with Crippen molar-refractivity contribution in [3.8, 4) is 5.75 Å². The second-order valence-corrected chi connectivity index (χ2v) is 7.11. The Balaban J connectivity index is 1.74. The van der Waals surface area contributed by atoms with Gasteiger partial charge in [0.2, 0.25) is 0 Å². The SMILES string of the molecule is CC[C@@H](NC(=O)COC(=O)CSc1ccc(OC)cc1)c1ccc(C)cc1. The van der Waals surface area contributed by atoms with Gasteiger partial charge in [0.25, 0.3) is 5.91 Å². The fourth-order valence-electron chi connectivity index (χ4n) is 2.46. The van der Waals surface area contributed by atoms with E-state index in [0.717, 1.165) is 22.6 Å². The maximum atomic E-state index is 12.1. The monoisotopic (exact) mass is 387 g/mol. The minimum atomic E-state index is -0.422. The Kier molecular flexibility index (Phi) is 8.20. The summed E-state index contributed by atoms with van der Waals surface area (Å²) in [5, 5.41) is 2.91. The predicted octanol–water partition coefficient (Wildman–Crippen LogP) is 3.91. The first-order chi connectivity index (χ1) is 13.0. The van der Waals surface area contributed by atoms with Crippen LogP contribution in [0.1, 0.15) is 30.5 Å². The van der Waals surface area contributed by atoms with Crippen molar-refractivity contribution >= 4 is 23.6 Å². The van der Waals surface area contributed by atoms with Crippen LogP contribution in [0.4, 0.5) is 0 Å². The van der Waals surface area contributed by atoms with Crippen molar-refractivity contribution in [3.63, 3.8) is 0 Å². The Morgan fingerprint density at radius 3 is 2.33 bits per heavy atom. The summed E-state index contributed by atoms with van der Waals surface area (Å²) in [7, 11) is 1.60. The van der Waals surface area contributed by atoms with E-state index in [0.29, 0.717) is 0 Å². The molecular formula is C21H25NO4S. The molecule has 2 rings (SSSR count). The lowest BCUT2D eigenvalue weighted by molar-refractivity contribution is -0.146. The van der Waals surface area contributed by atoms with E-state index < -0.39 is 5.97 Å². The van der Waals surface area contributed by atoms with E-state index in [-0.39, 0.29) is 24.3 Å². The standard InChI is InChI=1S/C21H25NO4S/c1-4-19(16-7-5-15(2)6-8-16)22-20(23)13-26-21(24)14-27-18-11-9-17(25-3)10-12-18/h5-12,19H,4,13-14H2,1-3H3,(H,22,23)/t19-/m1/s1. The molecule has 2 aromatic carbocycles. The van der Waals surface area contributed by atoms with Crippen molar-refractivity contribution in [2.45, 2.75) is 31.2 Å². The van der Waals surface area contributed by atoms with Gasteiger partial charge in [-0.05, 0) is 43.2 Å². The Hall–Kier alpha value is -2.47. The number of rotatable bonds is 9. The van der Waals surface area contributed by atoms with Crippen molar-refractivity contribution in [3.05, 3.63) is 59.7 Å². The van der Waals surface area contributed by atoms with E-state index in [9.17, 15) is 9.59 Å². The Labute approximate surface area is 164 Å². The molecule has 0 fully saturated rings. The third-order valence-corrected chi connectivity index (χ3v) is 4.99. The molecule has 0 saturated carbocycles. The molecule has 0 aliphatic rings. The summed E-state index contributed by atoms with van der Waals surface area (Å²) in [5.74, 6) is 0.187. The zero-order valence-corrected chi connectivity index (χ0v) is 16.7. The normalized spacial score (nSPS) is 11.5. The fourth-order valence-corrected chi connectivity index (χ4v) is 3.15. The number of thioether (sulfide) groups is 1. The van der Waals surface area contributed by atoms with Gasteiger partial charge in [0.15, 0.2) is 6.61 Å². The molecule has 0 spiro atoms. The summed E-state index contributed by atoms with van der Waals surface area (Å²) < 4.78 is 10.2. The number of aryl methyl sites for hydroxylation is 1. The van der Waals surface area contributed by atoms with Crippen LogP contribution in [0, 0.1) is 6.92 Å². The minimum Gasteiger partial charge on any atom is -0.497 e. The maximum absolute atomic E-state index is 12.1. The van der Waals surface area contributed by atoms with Gasteiger partial charge in [-0.2, -0.15) is 0 Å². The summed E-state index contributed by atoms with van der Waals surface area (Å²) in [4.78, 5) is 24.9. The maximum Gasteiger partial charge on any atom is 0.316 e. The summed E-state index contributed by atoms with van der Waals surface area (Å²) in [6.45, 7) is 3.75. The van der Waals surface area contributed by atoms with Gasteiger partial charge in [-0.25, -0.2) is 0 Å². The molecule has 0 saturated heterocycles. The van der Waals surface area contributed by atoms with Crippen LogP contribution in [0.15, 0.2) is 53.4 Å². The third kappa shape index (κ3) is 6.98. The van der Waals surface area contributed by atoms with Gasteiger partial charge < -0.3 is 14.8 Å². The van der Waals surface area contributed by atoms with Crippen LogP contribution >= 0.6 is 11.8 Å². The van der Waals surface area contributed by atoms with Crippen LogP contribution < -0.4 is 10.1 Å². The molecule has 1 atom stereocenters. The Morgan fingerprint density at radius 1 is 1.07 bits per heavy atom. The lowest BCUT2D eigenvalue weighted by atomic mass is 10.0. The second-order valence-electron chi connectivity index (χ2n) is 6.06. The highest BCUT2D eigenvalue weighted by Gasteiger charge is 2.14. The molecule has 5 nitrogen and oxygen atoms in total. The van der Waals surface area contributed by atoms with E-state index in [2.05, 4.69) is 5.32 Å². The zero-order valence-electron chi connectivity index (χ0n) is 15.9. The van der Waals surface area contributed by atoms with Crippen molar-refractivity contribution in [2.75, 3.05) is 19.5 Å². The van der Waals surface area contributed by atoms with Gasteiger partial charge in [-0.1, -0.05) is 36.8 Å². The number of nitrogens with one attached hydrogen (secondary N) is 1. The summed E-state index contributed by atoms with van der Waals surface area (Å²) >= 11 is 1.35. The number of hydrogen-bond acceptors (Lipinski definition) is 5. The van der Waals surface area contributed by atoms with Crippen LogP contribution in [0.5, 0.6) is 5.75 Å². The topological polar surface area (TPSA) is 64.6 Å². The molecule has 27 heavy (non-hydrogen) atoms. The quantitative estimate of drug-likeness (QED) is 0.522. The van der Waals surface area contributed by atoms with E-state index in [1.807, 2.05) is 62.4 Å². The van der Waals surface area contributed by atoms with Crippen molar-refractivity contribution < 1.29 is 19.1 Å². The highest BCUT2D eigenvalue weighted by Crippen LogP contribution is 2.21. The van der Waals surface area contributed by atoms with Gasteiger partial charge in [0, 0.05) is 4.90 Å². The third-order valence-electron chi connectivity index (χ3n) is 4.00. The lowest BCUT2D eigenvalue weighted by Crippen LogP contribution is -2.32. The average molecular weight is 388 g/mol. The largest absolute Gasteiger partial charge is 0.497 e. The number of carbonyl (C=O) groups is 2. The molecule has 0 heterocycles. The molecule has 6 heteroatoms. The number of esters is 1. The molecule has 0 aliphatic carbocycles. The molecule has 1 N–H and O–H groups in total. The average Bonchev–Trinajstić information content (AvgIpc) is 2.70. The molecule has 1 amide bonds. The first-order valence-electron chi connectivity index (χ1n) is 8.80. The number of ether oxygens (including phenoxy) is 2. The highest BCUT2D eigenvalue weighted by molar-refractivity contribution is 8.00. The molecule has 0 aromatic heterocycles. The van der Waals surface area contributed by atoms with E-state index in [4.69, 9.17) is 9.47 Å². The second kappa shape index (κ2) is 10.6. The molecule has 0 aliphatic heterocycles.